The standard InChI is InChI=1S/C58H42F12O6S/c1-35-29-36(2)32-49(31-35)75-45-17-9-41(10-18-45)53(55(59,60)61,56(62,63)64)39-5-13-43(14-6-39)73-47-21-25-51(26-22-47)77(71,72)52-27-23-48(24-28-52)74-44-15-7-40(8-16-44)54(57(65,66)67,58(68,69)70)42-11-19-46(20-12-42)76-50-33-37(3)30-38(4)34-50/h5-34H,1-4H3. The van der Waals surface area contributed by atoms with Crippen molar-refractivity contribution in [1.29, 1.82) is 0 Å². The second-order valence-electron chi connectivity index (χ2n) is 18.1. The Morgan fingerprint density at radius 1 is 0.273 bits per heavy atom. The number of alkyl halides is 12. The predicted octanol–water partition coefficient (Wildman–Crippen LogP) is 17.7. The van der Waals surface area contributed by atoms with Gasteiger partial charge in [-0.1, -0.05) is 60.7 Å². The van der Waals surface area contributed by atoms with E-state index in [9.17, 15) is 61.1 Å². The van der Waals surface area contributed by atoms with Crippen LogP contribution in [0.5, 0.6) is 46.0 Å². The number of rotatable bonds is 14. The number of aryl methyl sites for hydroxylation is 4. The number of hydrogen-bond acceptors (Lipinski definition) is 6. The van der Waals surface area contributed by atoms with E-state index in [1.165, 1.54) is 24.3 Å². The topological polar surface area (TPSA) is 71.1 Å². The van der Waals surface area contributed by atoms with Gasteiger partial charge in [0.25, 0.3) is 0 Å². The molecule has 8 rings (SSSR count). The van der Waals surface area contributed by atoms with Crippen LogP contribution < -0.4 is 18.9 Å². The number of ether oxygens (including phenoxy) is 4. The largest absolute Gasteiger partial charge is 0.457 e. The van der Waals surface area contributed by atoms with Crippen molar-refractivity contribution in [3.63, 3.8) is 0 Å². The van der Waals surface area contributed by atoms with Gasteiger partial charge in [-0.05, 0) is 194 Å². The van der Waals surface area contributed by atoms with Crippen molar-refractivity contribution in [1.82, 2.24) is 0 Å². The Morgan fingerprint density at radius 2 is 0.455 bits per heavy atom. The summed E-state index contributed by atoms with van der Waals surface area (Å²) >= 11 is 0. The molecular formula is C58H42F12O6S. The number of sulfone groups is 1. The lowest BCUT2D eigenvalue weighted by Gasteiger charge is -2.38. The summed E-state index contributed by atoms with van der Waals surface area (Å²) in [6, 6.07) is 32.7. The van der Waals surface area contributed by atoms with E-state index in [2.05, 4.69) is 0 Å². The third-order valence-electron chi connectivity index (χ3n) is 12.5. The Bertz CT molecular complexity index is 3190. The van der Waals surface area contributed by atoms with Crippen LogP contribution in [0.15, 0.2) is 192 Å². The van der Waals surface area contributed by atoms with Crippen molar-refractivity contribution < 1.29 is 80.1 Å². The van der Waals surface area contributed by atoms with Crippen LogP contribution in [0, 0.1) is 27.7 Å². The molecule has 0 saturated carbocycles. The molecule has 0 N–H and O–H groups in total. The third kappa shape index (κ3) is 11.0. The van der Waals surface area contributed by atoms with E-state index in [1.54, 1.807) is 52.0 Å². The molecule has 77 heavy (non-hydrogen) atoms. The van der Waals surface area contributed by atoms with E-state index in [1.807, 2.05) is 12.1 Å². The first kappa shape index (κ1) is 55.3. The minimum Gasteiger partial charge on any atom is -0.457 e. The summed E-state index contributed by atoms with van der Waals surface area (Å²) in [6.45, 7) is 7.18. The molecule has 0 radical (unpaired) electrons. The Balaban J connectivity index is 0.952. The summed E-state index contributed by atoms with van der Waals surface area (Å²) in [6.07, 6.45) is -23.5. The van der Waals surface area contributed by atoms with Gasteiger partial charge in [0, 0.05) is 0 Å². The van der Waals surface area contributed by atoms with Gasteiger partial charge in [0.15, 0.2) is 0 Å². The summed E-state index contributed by atoms with van der Waals surface area (Å²) in [4.78, 5) is -0.535. The molecular weight excluding hydrogens is 1050 g/mol. The van der Waals surface area contributed by atoms with Gasteiger partial charge in [0.05, 0.1) is 9.79 Å². The first-order chi connectivity index (χ1) is 36.0. The average molecular weight is 1100 g/mol. The zero-order chi connectivity index (χ0) is 55.9. The van der Waals surface area contributed by atoms with Crippen molar-refractivity contribution in [2.75, 3.05) is 0 Å². The van der Waals surface area contributed by atoms with Crippen molar-refractivity contribution in [3.8, 4) is 46.0 Å². The van der Waals surface area contributed by atoms with Crippen molar-refractivity contribution in [2.45, 2.75) is 73.0 Å². The lowest BCUT2D eigenvalue weighted by Crippen LogP contribution is -2.54. The van der Waals surface area contributed by atoms with Crippen LogP contribution in [0.3, 0.4) is 0 Å². The Morgan fingerprint density at radius 3 is 0.649 bits per heavy atom. The molecule has 0 aliphatic carbocycles. The Labute approximate surface area is 434 Å². The van der Waals surface area contributed by atoms with E-state index >= 15 is 0 Å². The van der Waals surface area contributed by atoms with Crippen LogP contribution in [0.4, 0.5) is 52.7 Å². The second kappa shape index (κ2) is 20.5. The molecule has 8 aromatic rings. The van der Waals surface area contributed by atoms with Crippen LogP contribution >= 0.6 is 0 Å². The van der Waals surface area contributed by atoms with Crippen molar-refractivity contribution in [2.24, 2.45) is 0 Å². The maximum absolute atomic E-state index is 14.9. The molecule has 0 fully saturated rings. The van der Waals surface area contributed by atoms with Crippen LogP contribution in [-0.4, -0.2) is 33.1 Å². The summed E-state index contributed by atoms with van der Waals surface area (Å²) in [5.74, 6) is 0.246. The van der Waals surface area contributed by atoms with E-state index in [-0.39, 0.29) is 44.3 Å². The Hall–Kier alpha value is -7.93. The summed E-state index contributed by atoms with van der Waals surface area (Å²) in [5.41, 5.74) is -10.2. The molecule has 0 aliphatic rings. The second-order valence-corrected chi connectivity index (χ2v) is 20.0. The highest BCUT2D eigenvalue weighted by molar-refractivity contribution is 7.91. The van der Waals surface area contributed by atoms with Crippen molar-refractivity contribution >= 4 is 9.84 Å². The maximum atomic E-state index is 14.9. The smallest absolute Gasteiger partial charge is 0.411 e. The van der Waals surface area contributed by atoms with Gasteiger partial charge in [-0.25, -0.2) is 8.42 Å². The number of benzene rings is 8. The predicted molar refractivity (Wildman–Crippen MR) is 262 cm³/mol. The normalized spacial score (nSPS) is 12.8. The monoisotopic (exact) mass is 1090 g/mol. The molecule has 0 aliphatic heterocycles. The van der Waals surface area contributed by atoms with Crippen molar-refractivity contribution in [3.05, 3.63) is 226 Å². The van der Waals surface area contributed by atoms with Gasteiger partial charge in [-0.3, -0.25) is 0 Å². The fourth-order valence-electron chi connectivity index (χ4n) is 9.09. The summed E-state index contributed by atoms with van der Waals surface area (Å²) in [7, 11) is -4.27. The Kier molecular flexibility index (Phi) is 14.8. The maximum Gasteiger partial charge on any atom is 0.411 e. The fourth-order valence-corrected chi connectivity index (χ4v) is 10.4. The highest BCUT2D eigenvalue weighted by Crippen LogP contribution is 2.58. The van der Waals surface area contributed by atoms with Crippen LogP contribution in [0.1, 0.15) is 44.5 Å². The van der Waals surface area contributed by atoms with Gasteiger partial charge in [0.1, 0.15) is 46.0 Å². The SMILES string of the molecule is Cc1cc(C)cc(Oc2ccc(C(c3ccc(Oc4ccc(S(=O)(=O)c5ccc(Oc6ccc(C(c7ccc(Oc8cc(C)cc(C)c8)cc7)(C(F)(F)F)C(F)(F)F)cc6)cc5)cc4)cc3)(C(F)(F)F)C(F)(F)F)cc2)c1. The molecule has 0 bridgehead atoms. The molecule has 6 nitrogen and oxygen atoms in total. The minimum absolute atomic E-state index is 0.00606. The zero-order valence-corrected chi connectivity index (χ0v) is 41.5. The van der Waals surface area contributed by atoms with E-state index in [0.717, 1.165) is 95.1 Å². The minimum atomic E-state index is -5.88. The molecule has 0 atom stereocenters. The van der Waals surface area contributed by atoms with Gasteiger partial charge >= 0.3 is 24.7 Å². The average Bonchev–Trinajstić information content (AvgIpc) is 3.42. The number of hydrogen-bond donors (Lipinski definition) is 0. The molecule has 8 aromatic carbocycles. The van der Waals surface area contributed by atoms with Crippen LogP contribution in [0.2, 0.25) is 0 Å². The third-order valence-corrected chi connectivity index (χ3v) is 14.2. The van der Waals surface area contributed by atoms with Gasteiger partial charge in [-0.2, -0.15) is 52.7 Å². The summed E-state index contributed by atoms with van der Waals surface area (Å²) < 4.78 is 229. The lowest BCUT2D eigenvalue weighted by molar-refractivity contribution is -0.290. The van der Waals surface area contributed by atoms with E-state index in [4.69, 9.17) is 18.9 Å². The molecule has 0 aromatic heterocycles. The fraction of sp³-hybridized carbons (Fsp3) is 0.172. The molecule has 19 heteroatoms. The highest BCUT2D eigenvalue weighted by atomic mass is 32.2. The first-order valence-electron chi connectivity index (χ1n) is 23.0. The summed E-state index contributed by atoms with van der Waals surface area (Å²) in [5, 5.41) is 0. The molecule has 0 amide bonds. The highest BCUT2D eigenvalue weighted by Gasteiger charge is 2.73. The van der Waals surface area contributed by atoms with Crippen LogP contribution in [-0.2, 0) is 20.7 Å². The van der Waals surface area contributed by atoms with Gasteiger partial charge in [-0.15, -0.1) is 0 Å². The molecule has 0 saturated heterocycles. The van der Waals surface area contributed by atoms with Gasteiger partial charge in [0.2, 0.25) is 20.7 Å². The molecule has 0 heterocycles. The number of halogens is 12. The molecule has 400 valence electrons. The van der Waals surface area contributed by atoms with E-state index < -0.39 is 67.6 Å². The first-order valence-corrected chi connectivity index (χ1v) is 24.5. The van der Waals surface area contributed by atoms with E-state index in [0.29, 0.717) is 60.0 Å². The van der Waals surface area contributed by atoms with Crippen LogP contribution in [0.25, 0.3) is 0 Å². The molecule has 0 spiro atoms. The lowest BCUT2D eigenvalue weighted by atomic mass is 9.73. The molecule has 0 unspecified atom stereocenters. The zero-order valence-electron chi connectivity index (χ0n) is 40.7. The van der Waals surface area contributed by atoms with Gasteiger partial charge < -0.3 is 18.9 Å². The quantitative estimate of drug-likeness (QED) is 0.101.